The Kier molecular flexibility index (Phi) is 6.60. The summed E-state index contributed by atoms with van der Waals surface area (Å²) in [5.41, 5.74) is 1.50. The van der Waals surface area contributed by atoms with Gasteiger partial charge in [0.1, 0.15) is 11.5 Å². The Bertz CT molecular complexity index is 1010. The minimum atomic E-state index is -0.201. The normalized spacial score (nSPS) is 10.9. The molecule has 0 aliphatic heterocycles. The number of unbranched alkanes of at least 4 members (excludes halogenated alkanes) is 1. The van der Waals surface area contributed by atoms with Crippen molar-refractivity contribution < 1.29 is 24.9 Å². The van der Waals surface area contributed by atoms with Crippen LogP contribution in [0.15, 0.2) is 48.5 Å². The van der Waals surface area contributed by atoms with Crippen molar-refractivity contribution in [3.8, 4) is 23.0 Å². The predicted octanol–water partition coefficient (Wildman–Crippen LogP) is 5.34. The van der Waals surface area contributed by atoms with Crippen molar-refractivity contribution >= 4 is 16.6 Å². The summed E-state index contributed by atoms with van der Waals surface area (Å²) in [5, 5.41) is 30.6. The van der Waals surface area contributed by atoms with Gasteiger partial charge in [0.15, 0.2) is 17.3 Å². The Labute approximate surface area is 170 Å². The summed E-state index contributed by atoms with van der Waals surface area (Å²) in [6.07, 6.45) is 3.63. The molecular weight excluding hydrogens is 368 g/mol. The maximum atomic E-state index is 12.4. The highest BCUT2D eigenvalue weighted by Gasteiger charge is 2.09. The number of ketones is 1. The van der Waals surface area contributed by atoms with E-state index >= 15 is 0 Å². The van der Waals surface area contributed by atoms with Crippen LogP contribution < -0.4 is 4.74 Å². The molecule has 0 heterocycles. The van der Waals surface area contributed by atoms with Crippen molar-refractivity contribution in [3.63, 3.8) is 0 Å². The van der Waals surface area contributed by atoms with Crippen LogP contribution in [0.1, 0.15) is 48.5 Å². The van der Waals surface area contributed by atoms with Gasteiger partial charge in [0.2, 0.25) is 0 Å². The van der Waals surface area contributed by atoms with Gasteiger partial charge < -0.3 is 20.1 Å². The summed E-state index contributed by atoms with van der Waals surface area (Å²) in [7, 11) is 0. The minimum absolute atomic E-state index is 0.0287. The number of fused-ring (bicyclic) bond motifs is 1. The first-order valence-corrected chi connectivity index (χ1v) is 9.91. The summed E-state index contributed by atoms with van der Waals surface area (Å²) in [4.78, 5) is 12.4. The van der Waals surface area contributed by atoms with E-state index in [2.05, 4.69) is 6.92 Å². The lowest BCUT2D eigenvalue weighted by Gasteiger charge is -2.09. The first-order chi connectivity index (χ1) is 14.0. The van der Waals surface area contributed by atoms with E-state index in [1.165, 1.54) is 12.1 Å². The van der Waals surface area contributed by atoms with Crippen molar-refractivity contribution in [1.82, 2.24) is 0 Å². The first-order valence-electron chi connectivity index (χ1n) is 9.91. The van der Waals surface area contributed by atoms with E-state index in [4.69, 9.17) is 4.74 Å². The topological polar surface area (TPSA) is 87.0 Å². The summed E-state index contributed by atoms with van der Waals surface area (Å²) in [5.74, 6) is 0.542. The molecule has 0 bridgehead atoms. The number of Topliss-reactive ketones (excluding diaryl/α,β-unsaturated/α-hetero) is 1. The fraction of sp³-hybridized carbons (Fsp3) is 0.292. The molecule has 0 spiro atoms. The monoisotopic (exact) mass is 394 g/mol. The smallest absolute Gasteiger partial charge is 0.162 e. The molecule has 0 unspecified atom stereocenters. The Balaban J connectivity index is 1.48. The van der Waals surface area contributed by atoms with Gasteiger partial charge in [-0.2, -0.15) is 0 Å². The van der Waals surface area contributed by atoms with Gasteiger partial charge in [-0.15, -0.1) is 0 Å². The molecule has 0 saturated heterocycles. The first kappa shape index (κ1) is 20.5. The summed E-state index contributed by atoms with van der Waals surface area (Å²) >= 11 is 0. The summed E-state index contributed by atoms with van der Waals surface area (Å²) < 4.78 is 5.67. The maximum absolute atomic E-state index is 12.4. The van der Waals surface area contributed by atoms with Gasteiger partial charge in [-0.1, -0.05) is 31.5 Å². The number of ether oxygens (including phenoxy) is 1. The molecule has 5 nitrogen and oxygen atoms in total. The second-order valence-corrected chi connectivity index (χ2v) is 7.17. The SMILES string of the molecule is CCCc1ccc(OCCCCC(=O)c2ccc3cc(O)c(O)cc3c2)cc1O. The molecular formula is C24H26O5. The maximum Gasteiger partial charge on any atom is 0.162 e. The second-order valence-electron chi connectivity index (χ2n) is 7.17. The van der Waals surface area contributed by atoms with E-state index in [0.717, 1.165) is 30.2 Å². The van der Waals surface area contributed by atoms with E-state index in [0.29, 0.717) is 36.1 Å². The van der Waals surface area contributed by atoms with Crippen LogP contribution in [0.4, 0.5) is 0 Å². The number of rotatable bonds is 9. The highest BCUT2D eigenvalue weighted by Crippen LogP contribution is 2.31. The third-order valence-electron chi connectivity index (χ3n) is 4.90. The third kappa shape index (κ3) is 5.19. The number of aromatic hydroxyl groups is 3. The molecule has 3 rings (SSSR count). The van der Waals surface area contributed by atoms with E-state index in [-0.39, 0.29) is 23.0 Å². The van der Waals surface area contributed by atoms with Gasteiger partial charge in [-0.25, -0.2) is 0 Å². The predicted molar refractivity (Wildman–Crippen MR) is 113 cm³/mol. The number of phenolic OH excluding ortho intramolecular Hbond substituents is 3. The lowest BCUT2D eigenvalue weighted by Crippen LogP contribution is -2.02. The number of phenols is 3. The molecule has 5 heteroatoms. The van der Waals surface area contributed by atoms with Gasteiger partial charge >= 0.3 is 0 Å². The molecule has 0 aliphatic rings. The van der Waals surface area contributed by atoms with E-state index < -0.39 is 0 Å². The van der Waals surface area contributed by atoms with Crippen LogP contribution in [0.25, 0.3) is 10.8 Å². The average molecular weight is 394 g/mol. The Hall–Kier alpha value is -3.21. The van der Waals surface area contributed by atoms with Crippen LogP contribution in [-0.2, 0) is 6.42 Å². The molecule has 0 amide bonds. The number of carbonyl (C=O) groups excluding carboxylic acids is 1. The van der Waals surface area contributed by atoms with Crippen LogP contribution in [-0.4, -0.2) is 27.7 Å². The number of hydrogen-bond donors (Lipinski definition) is 3. The molecule has 0 radical (unpaired) electrons. The van der Waals surface area contributed by atoms with Crippen LogP contribution in [0.2, 0.25) is 0 Å². The molecule has 0 aliphatic carbocycles. The quantitative estimate of drug-likeness (QED) is 0.259. The number of hydrogen-bond acceptors (Lipinski definition) is 5. The molecule has 152 valence electrons. The van der Waals surface area contributed by atoms with Crippen molar-refractivity contribution in [2.24, 2.45) is 0 Å². The number of aryl methyl sites for hydroxylation is 1. The Morgan fingerprint density at radius 2 is 1.62 bits per heavy atom. The molecule has 3 aromatic carbocycles. The van der Waals surface area contributed by atoms with E-state index in [1.807, 2.05) is 12.1 Å². The highest BCUT2D eigenvalue weighted by molar-refractivity contribution is 6.00. The van der Waals surface area contributed by atoms with Gasteiger partial charge in [-0.05, 0) is 59.9 Å². The zero-order chi connectivity index (χ0) is 20.8. The average Bonchev–Trinajstić information content (AvgIpc) is 2.70. The van der Waals surface area contributed by atoms with Crippen LogP contribution in [0, 0.1) is 0 Å². The molecule has 3 N–H and O–H groups in total. The fourth-order valence-electron chi connectivity index (χ4n) is 3.28. The lowest BCUT2D eigenvalue weighted by molar-refractivity contribution is 0.0978. The lowest BCUT2D eigenvalue weighted by atomic mass is 10.0. The molecule has 0 fully saturated rings. The summed E-state index contributed by atoms with van der Waals surface area (Å²) in [6.45, 7) is 2.54. The minimum Gasteiger partial charge on any atom is -0.508 e. The van der Waals surface area contributed by atoms with Gasteiger partial charge in [-0.3, -0.25) is 4.79 Å². The van der Waals surface area contributed by atoms with Crippen LogP contribution >= 0.6 is 0 Å². The molecule has 3 aromatic rings. The molecule has 29 heavy (non-hydrogen) atoms. The molecule has 0 atom stereocenters. The van der Waals surface area contributed by atoms with Crippen molar-refractivity contribution in [2.45, 2.75) is 39.0 Å². The Morgan fingerprint density at radius 3 is 2.34 bits per heavy atom. The number of benzene rings is 3. The third-order valence-corrected chi connectivity index (χ3v) is 4.90. The molecule has 0 saturated carbocycles. The zero-order valence-electron chi connectivity index (χ0n) is 16.5. The van der Waals surface area contributed by atoms with Crippen LogP contribution in [0.3, 0.4) is 0 Å². The summed E-state index contributed by atoms with van der Waals surface area (Å²) in [6, 6.07) is 13.5. The zero-order valence-corrected chi connectivity index (χ0v) is 16.5. The second kappa shape index (κ2) is 9.32. The van der Waals surface area contributed by atoms with E-state index in [9.17, 15) is 20.1 Å². The number of carbonyl (C=O) groups is 1. The van der Waals surface area contributed by atoms with Crippen LogP contribution in [0.5, 0.6) is 23.0 Å². The van der Waals surface area contributed by atoms with Gasteiger partial charge in [0, 0.05) is 18.1 Å². The highest BCUT2D eigenvalue weighted by atomic mass is 16.5. The largest absolute Gasteiger partial charge is 0.508 e. The Morgan fingerprint density at radius 1 is 0.862 bits per heavy atom. The molecule has 0 aromatic heterocycles. The van der Waals surface area contributed by atoms with E-state index in [1.54, 1.807) is 24.3 Å². The van der Waals surface area contributed by atoms with Gasteiger partial charge in [0.05, 0.1) is 6.61 Å². The van der Waals surface area contributed by atoms with Crippen molar-refractivity contribution in [3.05, 3.63) is 59.7 Å². The fourth-order valence-corrected chi connectivity index (χ4v) is 3.28. The van der Waals surface area contributed by atoms with Gasteiger partial charge in [0.25, 0.3) is 0 Å². The van der Waals surface area contributed by atoms with Crippen molar-refractivity contribution in [2.75, 3.05) is 6.61 Å². The standard InChI is InChI=1S/C24H26O5/c1-2-5-16-9-10-20(15-22(16)26)29-11-4-3-6-21(25)18-8-7-17-13-23(27)24(28)14-19(17)12-18/h7-10,12-15,26-28H,2-6,11H2,1H3. The van der Waals surface area contributed by atoms with Crippen molar-refractivity contribution in [1.29, 1.82) is 0 Å².